The second kappa shape index (κ2) is 31.4. The van der Waals surface area contributed by atoms with Crippen LogP contribution in [0.3, 0.4) is 0 Å². The lowest BCUT2D eigenvalue weighted by molar-refractivity contribution is 0.0162. The zero-order valence-corrected chi connectivity index (χ0v) is 49.3. The van der Waals surface area contributed by atoms with Crippen LogP contribution in [0.2, 0.25) is 20.1 Å². The molecule has 24 heteroatoms. The first-order chi connectivity index (χ1) is 38.5. The minimum Gasteiger partial charge on any atom is -0.378 e. The maximum absolute atomic E-state index is 12.9. The first-order valence-corrected chi connectivity index (χ1v) is 30.6. The number of fused-ring (bicyclic) bond motifs is 2. The lowest BCUT2D eigenvalue weighted by atomic mass is 9.85. The Morgan fingerprint density at radius 2 is 0.775 bits per heavy atom. The third kappa shape index (κ3) is 18.9. The van der Waals surface area contributed by atoms with Gasteiger partial charge in [-0.2, -0.15) is 0 Å². The number of likely N-dealkylation sites (N-methyl/N-ethyl adjacent to an activating group) is 2. The van der Waals surface area contributed by atoms with Gasteiger partial charge in [0.2, 0.25) is 20.0 Å². The smallest absolute Gasteiger partial charge is 0.251 e. The Kier molecular flexibility index (Phi) is 24.8. The summed E-state index contributed by atoms with van der Waals surface area (Å²) in [5.74, 6) is -0.615. The van der Waals surface area contributed by atoms with E-state index in [1.54, 1.807) is 60.7 Å². The van der Waals surface area contributed by atoms with Gasteiger partial charge in [0.1, 0.15) is 0 Å². The lowest BCUT2D eigenvalue weighted by Crippen LogP contribution is -2.31. The SMILES string of the molecule is CN1Cc2c(Cl)cc(Cl)cc2C(c2ccc(S(=O)(=O)NCCOCCOCCOCCNC(=O)c3ccc(C(=O)NCCOCCOCCOCCNS(=O)(=O)c4ccc(C5CN(C)Cc6c(Cl)cc(Cl)cc65)cc4)cc3)cc2)C1. The quantitative estimate of drug-likeness (QED) is 0.0321. The van der Waals surface area contributed by atoms with Crippen LogP contribution in [0.25, 0.3) is 0 Å². The van der Waals surface area contributed by atoms with Crippen LogP contribution in [0.15, 0.2) is 107 Å². The summed E-state index contributed by atoms with van der Waals surface area (Å²) in [6, 6.07) is 27.4. The van der Waals surface area contributed by atoms with Crippen LogP contribution in [0.1, 0.15) is 65.9 Å². The summed E-state index contributed by atoms with van der Waals surface area (Å²) in [6.07, 6.45) is 0. The third-order valence-electron chi connectivity index (χ3n) is 13.2. The fraction of sp³-hybridized carbons (Fsp3) is 0.429. The molecule has 5 aromatic carbocycles. The minimum atomic E-state index is -3.74. The van der Waals surface area contributed by atoms with Crippen molar-refractivity contribution in [1.82, 2.24) is 29.9 Å². The van der Waals surface area contributed by atoms with Gasteiger partial charge in [-0.25, -0.2) is 26.3 Å². The van der Waals surface area contributed by atoms with Crippen LogP contribution < -0.4 is 20.1 Å². The average Bonchev–Trinajstić information content (AvgIpc) is 3.45. The number of nitrogens with zero attached hydrogens (tertiary/aromatic N) is 2. The average molecular weight is 1220 g/mol. The van der Waals surface area contributed by atoms with Crippen molar-refractivity contribution in [2.75, 3.05) is 133 Å². The molecule has 434 valence electrons. The number of nitrogens with one attached hydrogen (secondary N) is 4. The molecule has 2 amide bonds. The van der Waals surface area contributed by atoms with Gasteiger partial charge in [-0.3, -0.25) is 9.59 Å². The van der Waals surface area contributed by atoms with Gasteiger partial charge in [0.05, 0.1) is 89.1 Å². The number of sulfonamides is 2. The van der Waals surface area contributed by atoms with E-state index in [0.717, 1.165) is 46.5 Å². The second-order valence-electron chi connectivity index (χ2n) is 19.1. The highest BCUT2D eigenvalue weighted by Gasteiger charge is 2.29. The first kappa shape index (κ1) is 63.3. The van der Waals surface area contributed by atoms with Crippen molar-refractivity contribution in [3.63, 3.8) is 0 Å². The van der Waals surface area contributed by atoms with Gasteiger partial charge in [0.25, 0.3) is 11.8 Å². The van der Waals surface area contributed by atoms with E-state index in [1.165, 1.54) is 0 Å². The highest BCUT2D eigenvalue weighted by atomic mass is 35.5. The van der Waals surface area contributed by atoms with E-state index in [1.807, 2.05) is 50.5 Å². The number of benzene rings is 5. The van der Waals surface area contributed by atoms with E-state index in [-0.39, 0.29) is 99.3 Å². The summed E-state index contributed by atoms with van der Waals surface area (Å²) >= 11 is 25.6. The number of hydrogen-bond donors (Lipinski definition) is 4. The Balaban J connectivity index is 0.640. The van der Waals surface area contributed by atoms with Crippen molar-refractivity contribution in [2.45, 2.75) is 34.7 Å². The molecule has 0 saturated heterocycles. The maximum Gasteiger partial charge on any atom is 0.251 e. The van der Waals surface area contributed by atoms with Crippen LogP contribution >= 0.6 is 46.4 Å². The number of ether oxygens (including phenoxy) is 6. The minimum absolute atomic E-state index is 0.0000598. The molecule has 0 aliphatic carbocycles. The van der Waals surface area contributed by atoms with Gasteiger partial charge in [-0.15, -0.1) is 0 Å². The van der Waals surface area contributed by atoms with Crippen molar-refractivity contribution in [3.8, 4) is 0 Å². The molecule has 2 atom stereocenters. The molecular weight excluding hydrogens is 1150 g/mol. The number of hydrogen-bond acceptors (Lipinski definition) is 14. The molecule has 0 bridgehead atoms. The summed E-state index contributed by atoms with van der Waals surface area (Å²) in [5, 5.41) is 7.94. The lowest BCUT2D eigenvalue weighted by Gasteiger charge is -2.33. The van der Waals surface area contributed by atoms with Crippen molar-refractivity contribution < 1.29 is 54.8 Å². The molecule has 2 heterocycles. The molecule has 0 saturated carbocycles. The van der Waals surface area contributed by atoms with Crippen LogP contribution in [-0.2, 0) is 61.6 Å². The Bertz CT molecular complexity index is 2850. The number of halogens is 4. The third-order valence-corrected chi connectivity index (χ3v) is 17.3. The molecule has 2 aliphatic heterocycles. The standard InChI is InChI=1S/C56H68Cl4N6O12S2/c1-65-35-49(47-31-43(57)33-53(59)51(47)37-65)39-7-11-45(12-8-39)79(69,70)63-17-21-75-25-29-77-27-23-73-19-15-61-55(67)41-3-5-42(6-4-41)56(68)62-16-20-74-24-28-78-30-26-76-22-18-64-80(71,72)46-13-9-40(10-14-46)50-36-66(2)38-52-48(50)32-44(58)34-54(52)60/h3-14,31-34,49-50,63-64H,15-30,35-38H2,1-2H3,(H,61,67)(H,62,68). The molecule has 4 N–H and O–H groups in total. The highest BCUT2D eigenvalue weighted by Crippen LogP contribution is 2.40. The molecule has 0 aromatic heterocycles. The Labute approximate surface area is 489 Å². The molecule has 5 aromatic rings. The predicted octanol–water partition coefficient (Wildman–Crippen LogP) is 6.97. The number of carbonyl (C=O) groups excluding carboxylic acids is 2. The van der Waals surface area contributed by atoms with Crippen molar-refractivity contribution >= 4 is 78.3 Å². The van der Waals surface area contributed by atoms with Gasteiger partial charge in [0.15, 0.2) is 0 Å². The van der Waals surface area contributed by atoms with E-state index in [9.17, 15) is 26.4 Å². The van der Waals surface area contributed by atoms with Gasteiger partial charge in [0, 0.05) is 95.4 Å². The number of amides is 2. The zero-order valence-electron chi connectivity index (χ0n) is 44.7. The molecule has 0 spiro atoms. The molecule has 18 nitrogen and oxygen atoms in total. The summed E-state index contributed by atoms with van der Waals surface area (Å²) in [7, 11) is -3.44. The van der Waals surface area contributed by atoms with Gasteiger partial charge in [-0.05, 0) is 120 Å². The summed E-state index contributed by atoms with van der Waals surface area (Å²) in [6.45, 7) is 6.88. The molecule has 0 fully saturated rings. The van der Waals surface area contributed by atoms with E-state index in [4.69, 9.17) is 74.8 Å². The second-order valence-corrected chi connectivity index (χ2v) is 24.3. The van der Waals surface area contributed by atoms with Gasteiger partial charge >= 0.3 is 0 Å². The van der Waals surface area contributed by atoms with Crippen molar-refractivity contribution in [2.24, 2.45) is 0 Å². The maximum atomic E-state index is 12.9. The summed E-state index contributed by atoms with van der Waals surface area (Å²) in [5.41, 5.74) is 6.88. The molecule has 80 heavy (non-hydrogen) atoms. The fourth-order valence-corrected chi connectivity index (χ4v) is 12.4. The molecule has 2 aliphatic rings. The molecular formula is C56H68Cl4N6O12S2. The van der Waals surface area contributed by atoms with Gasteiger partial charge in [-0.1, -0.05) is 70.7 Å². The molecule has 7 rings (SSSR count). The van der Waals surface area contributed by atoms with Crippen LogP contribution in [0.4, 0.5) is 0 Å². The van der Waals surface area contributed by atoms with E-state index in [2.05, 4.69) is 29.9 Å². The Morgan fingerprint density at radius 3 is 1.11 bits per heavy atom. The Hall–Kier alpha value is -4.30. The van der Waals surface area contributed by atoms with E-state index < -0.39 is 20.0 Å². The highest BCUT2D eigenvalue weighted by molar-refractivity contribution is 7.89. The van der Waals surface area contributed by atoms with Crippen molar-refractivity contribution in [1.29, 1.82) is 0 Å². The van der Waals surface area contributed by atoms with E-state index >= 15 is 0 Å². The summed E-state index contributed by atoms with van der Waals surface area (Å²) in [4.78, 5) is 29.9. The van der Waals surface area contributed by atoms with Crippen LogP contribution in [-0.4, -0.2) is 171 Å². The summed E-state index contributed by atoms with van der Waals surface area (Å²) < 4.78 is 90.1. The van der Waals surface area contributed by atoms with Crippen LogP contribution in [0.5, 0.6) is 0 Å². The predicted molar refractivity (Wildman–Crippen MR) is 309 cm³/mol. The monoisotopic (exact) mass is 1220 g/mol. The normalized spacial score (nSPS) is 15.8. The number of carbonyl (C=O) groups is 2. The molecule has 2 unspecified atom stereocenters. The van der Waals surface area contributed by atoms with Crippen molar-refractivity contribution in [3.05, 3.63) is 162 Å². The van der Waals surface area contributed by atoms with Crippen LogP contribution in [0, 0.1) is 0 Å². The topological polar surface area (TPSA) is 212 Å². The molecule has 0 radical (unpaired) electrons. The first-order valence-electron chi connectivity index (χ1n) is 26.1. The Morgan fingerprint density at radius 1 is 0.463 bits per heavy atom. The van der Waals surface area contributed by atoms with Gasteiger partial charge < -0.3 is 48.9 Å². The largest absolute Gasteiger partial charge is 0.378 e. The fourth-order valence-electron chi connectivity index (χ4n) is 9.22. The van der Waals surface area contributed by atoms with E-state index in [0.29, 0.717) is 83.9 Å². The number of rotatable bonds is 32. The zero-order chi connectivity index (χ0) is 57.1.